The number of rotatable bonds is 15. The number of hydrogen-bond acceptors (Lipinski definition) is 23. The summed E-state index contributed by atoms with van der Waals surface area (Å²) in [4.78, 5) is 5.93. The van der Waals surface area contributed by atoms with E-state index in [9.17, 15) is 86.3 Å². The van der Waals surface area contributed by atoms with Gasteiger partial charge >= 0.3 is 10.4 Å². The van der Waals surface area contributed by atoms with Crippen LogP contribution in [0.25, 0.3) is 10.8 Å². The molecule has 0 aliphatic carbocycles. The maximum atomic E-state index is 12.6. The van der Waals surface area contributed by atoms with Gasteiger partial charge in [-0.25, -0.2) is 12.6 Å². The fraction of sp³-hybridized carbons (Fsp3) is 0.0667. The molecule has 0 fully saturated rings. The van der Waals surface area contributed by atoms with E-state index in [0.717, 1.165) is 36.4 Å². The SMILES string of the molecule is O=[N+]([O-])c1ccc(/N=N/c2c(S(=O)(=O)O)cc3cc(S(=O)(=O)O)cc(/N=N\c4c(O)ccc(/N=N/c5ccc(S(=O)(=O)CCOS(=O)(=O)O)cc5S(=O)(=O)O)c4O)c3c2O)c(O)c1. The van der Waals surface area contributed by atoms with Gasteiger partial charge in [0.1, 0.15) is 44.0 Å². The highest BCUT2D eigenvalue weighted by molar-refractivity contribution is 7.91. The zero-order chi connectivity index (χ0) is 47.0. The van der Waals surface area contributed by atoms with Gasteiger partial charge in [0.25, 0.3) is 36.0 Å². The fourth-order valence-electron chi connectivity index (χ4n) is 5.07. The van der Waals surface area contributed by atoms with Crippen LogP contribution in [0.1, 0.15) is 0 Å². The number of non-ortho nitro benzene ring substituents is 1. The van der Waals surface area contributed by atoms with E-state index in [1.807, 2.05) is 0 Å². The Morgan fingerprint density at radius 1 is 0.540 bits per heavy atom. The molecule has 0 saturated carbocycles. The first-order valence-corrected chi connectivity index (χ1v) is 23.3. The Balaban J connectivity index is 1.62. The van der Waals surface area contributed by atoms with E-state index < -0.39 is 161 Å². The molecule has 0 aliphatic rings. The van der Waals surface area contributed by atoms with Crippen LogP contribution in [-0.2, 0) is 54.8 Å². The Bertz CT molecular complexity index is 3420. The lowest BCUT2D eigenvalue weighted by Crippen LogP contribution is -2.16. The molecule has 33 heteroatoms. The number of phenolic OH excluding ortho intramolecular Hbond substituents is 4. The number of benzene rings is 5. The lowest BCUT2D eigenvalue weighted by molar-refractivity contribution is -0.384. The molecule has 0 bridgehead atoms. The highest BCUT2D eigenvalue weighted by Gasteiger charge is 2.27. The summed E-state index contributed by atoms with van der Waals surface area (Å²) in [5.74, 6) is -5.19. The van der Waals surface area contributed by atoms with E-state index in [1.54, 1.807) is 0 Å². The summed E-state index contributed by atoms with van der Waals surface area (Å²) in [6, 6.07) is 7.67. The Morgan fingerprint density at radius 3 is 1.70 bits per heavy atom. The molecule has 63 heavy (non-hydrogen) atoms. The third kappa shape index (κ3) is 11.0. The summed E-state index contributed by atoms with van der Waals surface area (Å²) in [5.41, 5.74) is -5.32. The van der Waals surface area contributed by atoms with Crippen molar-refractivity contribution in [2.45, 2.75) is 19.6 Å². The minimum absolute atomic E-state index is 0.411. The van der Waals surface area contributed by atoms with Crippen LogP contribution in [0.4, 0.5) is 39.8 Å². The van der Waals surface area contributed by atoms with E-state index >= 15 is 0 Å². The quantitative estimate of drug-likeness (QED) is 0.0291. The zero-order valence-corrected chi connectivity index (χ0v) is 34.4. The van der Waals surface area contributed by atoms with E-state index in [-0.39, 0.29) is 0 Å². The van der Waals surface area contributed by atoms with Gasteiger partial charge in [0.15, 0.2) is 27.0 Å². The molecule has 28 nitrogen and oxygen atoms in total. The second kappa shape index (κ2) is 17.2. The van der Waals surface area contributed by atoms with Gasteiger partial charge < -0.3 is 20.4 Å². The molecule has 0 saturated heterocycles. The molecule has 334 valence electrons. The first-order valence-electron chi connectivity index (χ1n) is 16.0. The number of nitro groups is 1. The van der Waals surface area contributed by atoms with Gasteiger partial charge in [-0.3, -0.25) is 28.3 Å². The van der Waals surface area contributed by atoms with Crippen LogP contribution in [0.3, 0.4) is 0 Å². The first kappa shape index (κ1) is 47.4. The van der Waals surface area contributed by atoms with Crippen molar-refractivity contribution in [3.63, 3.8) is 0 Å². The molecule has 0 amide bonds. The number of fused-ring (bicyclic) bond motifs is 1. The standard InChI is InChI=1S/C30H23N7O21S5/c38-22-6-5-20(33-32-19-4-2-16(13-24(19)61(49,50)51)59(44,45)8-7-58-63(55,56)57)29(40)27(22)35-34-21-12-17(60(46,47)48)9-14-10-25(62(52,53)54)28(30(41)26(14)21)36-31-18-3-1-15(37(42)43)11-23(18)39/h1-6,9-13,38-41H,7-8H2,(H,46,47,48)(H,49,50,51)(H,52,53,54)(H,55,56,57)/b33-32+,35-34-,36-31+. The van der Waals surface area contributed by atoms with Gasteiger partial charge in [-0.15, -0.1) is 30.7 Å². The highest BCUT2D eigenvalue weighted by Crippen LogP contribution is 2.49. The number of hydrogen-bond donors (Lipinski definition) is 8. The Labute approximate surface area is 352 Å². The molecule has 0 spiro atoms. The number of nitro benzene ring substituents is 1. The molecule has 8 N–H and O–H groups in total. The van der Waals surface area contributed by atoms with Gasteiger partial charge in [-0.05, 0) is 60.0 Å². The van der Waals surface area contributed by atoms with Gasteiger partial charge in [0.2, 0.25) is 0 Å². The predicted molar refractivity (Wildman–Crippen MR) is 208 cm³/mol. The summed E-state index contributed by atoms with van der Waals surface area (Å²) in [6.45, 7) is -1.09. The second-order valence-corrected chi connectivity index (χ2v) is 19.5. The fourth-order valence-corrected chi connectivity index (χ4v) is 8.50. The van der Waals surface area contributed by atoms with Crippen LogP contribution in [0.2, 0.25) is 0 Å². The predicted octanol–water partition coefficient (Wildman–Crippen LogP) is 5.15. The van der Waals surface area contributed by atoms with Crippen LogP contribution in [0.15, 0.2) is 117 Å². The number of sulfone groups is 1. The second-order valence-electron chi connectivity index (χ2n) is 12.1. The van der Waals surface area contributed by atoms with Crippen molar-refractivity contribution in [3.05, 3.63) is 76.8 Å². The first-order chi connectivity index (χ1) is 29.0. The van der Waals surface area contributed by atoms with Crippen LogP contribution >= 0.6 is 0 Å². The molecule has 5 aromatic carbocycles. The Hall–Kier alpha value is -6.69. The molecule has 0 atom stereocenters. The third-order valence-electron chi connectivity index (χ3n) is 7.89. The van der Waals surface area contributed by atoms with Crippen molar-refractivity contribution in [3.8, 4) is 23.0 Å². The van der Waals surface area contributed by atoms with Gasteiger partial charge in [0, 0.05) is 6.07 Å². The van der Waals surface area contributed by atoms with Crippen molar-refractivity contribution >= 4 is 101 Å². The molecule has 0 heterocycles. The molecular weight excluding hydrogens is 955 g/mol. The van der Waals surface area contributed by atoms with Crippen LogP contribution in [0.5, 0.6) is 23.0 Å². The number of nitrogens with zero attached hydrogens (tertiary/aromatic N) is 7. The summed E-state index contributed by atoms with van der Waals surface area (Å²) in [5, 5.41) is 74.4. The number of aromatic hydroxyl groups is 4. The normalized spacial score (nSPS) is 13.1. The Kier molecular flexibility index (Phi) is 13.0. The smallest absolute Gasteiger partial charge is 0.397 e. The zero-order valence-electron chi connectivity index (χ0n) is 30.3. The van der Waals surface area contributed by atoms with Gasteiger partial charge in [-0.2, -0.15) is 33.7 Å². The van der Waals surface area contributed by atoms with Crippen molar-refractivity contribution in [2.75, 3.05) is 12.4 Å². The minimum Gasteiger partial charge on any atom is -0.505 e. The topological polar surface area (TPSA) is 459 Å². The molecule has 0 aliphatic heterocycles. The Morgan fingerprint density at radius 2 is 1.11 bits per heavy atom. The van der Waals surface area contributed by atoms with Gasteiger partial charge in [0.05, 0.1) is 44.2 Å². The average Bonchev–Trinajstić information content (AvgIpc) is 3.15. The van der Waals surface area contributed by atoms with Crippen LogP contribution in [0, 0.1) is 10.1 Å². The van der Waals surface area contributed by atoms with E-state index in [1.165, 1.54) is 0 Å². The minimum atomic E-state index is -5.39. The molecule has 5 rings (SSSR count). The van der Waals surface area contributed by atoms with Crippen molar-refractivity contribution in [1.29, 1.82) is 0 Å². The van der Waals surface area contributed by atoms with Crippen molar-refractivity contribution in [1.82, 2.24) is 0 Å². The van der Waals surface area contributed by atoms with Crippen LogP contribution < -0.4 is 0 Å². The molecule has 0 aromatic heterocycles. The average molecular weight is 978 g/mol. The van der Waals surface area contributed by atoms with E-state index in [4.69, 9.17) is 4.55 Å². The highest BCUT2D eigenvalue weighted by atomic mass is 32.3. The number of azo groups is 3. The molecule has 0 unspecified atom stereocenters. The lowest BCUT2D eigenvalue weighted by Gasteiger charge is -2.12. The lowest BCUT2D eigenvalue weighted by atomic mass is 10.1. The maximum Gasteiger partial charge on any atom is 0.397 e. The summed E-state index contributed by atoms with van der Waals surface area (Å²) in [7, 11) is -25.4. The van der Waals surface area contributed by atoms with Crippen molar-refractivity contribution in [2.24, 2.45) is 30.7 Å². The monoisotopic (exact) mass is 977 g/mol. The van der Waals surface area contributed by atoms with E-state index in [0.29, 0.717) is 30.3 Å². The third-order valence-corrected chi connectivity index (χ3v) is 12.6. The van der Waals surface area contributed by atoms with E-state index in [2.05, 4.69) is 34.9 Å². The van der Waals surface area contributed by atoms with Crippen molar-refractivity contribution < 1.29 is 89.8 Å². The summed E-state index contributed by atoms with van der Waals surface area (Å²) < 4.78 is 162. The molecule has 5 aromatic rings. The summed E-state index contributed by atoms with van der Waals surface area (Å²) in [6.07, 6.45) is 0. The largest absolute Gasteiger partial charge is 0.505 e. The molecular formula is C30H23N7O21S5. The van der Waals surface area contributed by atoms with Crippen LogP contribution in [-0.4, -0.2) is 98.0 Å². The molecule has 0 radical (unpaired) electrons. The number of phenols is 4. The van der Waals surface area contributed by atoms with Gasteiger partial charge in [-0.1, -0.05) is 0 Å². The summed E-state index contributed by atoms with van der Waals surface area (Å²) >= 11 is 0. The maximum absolute atomic E-state index is 12.6.